The minimum absolute atomic E-state index is 0. The normalized spacial score (nSPS) is 15.3. The zero-order chi connectivity index (χ0) is 21.3. The lowest BCUT2D eigenvalue weighted by molar-refractivity contribution is 0.198. The van der Waals surface area contributed by atoms with Gasteiger partial charge in [0.25, 0.3) is 0 Å². The molecule has 2 aromatic rings. The van der Waals surface area contributed by atoms with Crippen molar-refractivity contribution in [3.05, 3.63) is 58.6 Å². The maximum absolute atomic E-state index is 10.1. The van der Waals surface area contributed by atoms with E-state index >= 15 is 0 Å². The van der Waals surface area contributed by atoms with Crippen molar-refractivity contribution in [1.82, 2.24) is 15.5 Å². The summed E-state index contributed by atoms with van der Waals surface area (Å²) in [7, 11) is 1.62. The minimum atomic E-state index is 0. The lowest BCUT2D eigenvalue weighted by Crippen LogP contribution is -2.48. The quantitative estimate of drug-likeness (QED) is 0.267. The highest BCUT2D eigenvalue weighted by molar-refractivity contribution is 14.0. The summed E-state index contributed by atoms with van der Waals surface area (Å²) in [6.07, 6.45) is 2.12. The fraction of sp³-hybridized carbons (Fsp3) is 0.435. The molecule has 0 aromatic heterocycles. The number of nitrogens with one attached hydrogen (secondary N) is 2. The number of methoxy groups -OCH3 is 1. The van der Waals surface area contributed by atoms with Crippen LogP contribution in [0.15, 0.2) is 47.5 Å². The van der Waals surface area contributed by atoms with Gasteiger partial charge in [0, 0.05) is 42.8 Å². The molecule has 0 saturated carbocycles. The largest absolute Gasteiger partial charge is 0.508 e. The highest BCUT2D eigenvalue weighted by Crippen LogP contribution is 2.23. The van der Waals surface area contributed by atoms with Gasteiger partial charge in [-0.2, -0.15) is 0 Å². The third-order valence-electron chi connectivity index (χ3n) is 5.29. The second kappa shape index (κ2) is 13.0. The fourth-order valence-electron chi connectivity index (χ4n) is 3.58. The van der Waals surface area contributed by atoms with Gasteiger partial charge in [0.15, 0.2) is 5.96 Å². The molecule has 6 nitrogen and oxygen atoms in total. The van der Waals surface area contributed by atoms with E-state index in [1.54, 1.807) is 19.2 Å². The first-order valence-corrected chi connectivity index (χ1v) is 10.8. The van der Waals surface area contributed by atoms with Crippen LogP contribution in [0.1, 0.15) is 30.9 Å². The Labute approximate surface area is 207 Å². The van der Waals surface area contributed by atoms with Crippen molar-refractivity contribution in [3.63, 3.8) is 0 Å². The first-order chi connectivity index (χ1) is 14.6. The molecule has 3 N–H and O–H groups in total. The number of halogens is 2. The van der Waals surface area contributed by atoms with Crippen LogP contribution in [-0.4, -0.2) is 48.8 Å². The van der Waals surface area contributed by atoms with Gasteiger partial charge in [0.1, 0.15) is 11.5 Å². The Kier molecular flexibility index (Phi) is 10.7. The lowest BCUT2D eigenvalue weighted by atomic mass is 10.0. The zero-order valence-corrected chi connectivity index (χ0v) is 21.2. The number of benzene rings is 2. The summed E-state index contributed by atoms with van der Waals surface area (Å²) in [5.41, 5.74) is 2.03. The molecule has 0 radical (unpaired) electrons. The molecule has 1 aliphatic rings. The number of ether oxygens (including phenoxy) is 1. The van der Waals surface area contributed by atoms with Crippen molar-refractivity contribution < 1.29 is 9.84 Å². The third kappa shape index (κ3) is 8.05. The predicted molar refractivity (Wildman–Crippen MR) is 138 cm³/mol. The van der Waals surface area contributed by atoms with Gasteiger partial charge in [0.05, 0.1) is 13.7 Å². The summed E-state index contributed by atoms with van der Waals surface area (Å²) in [4.78, 5) is 7.13. The molecule has 8 heteroatoms. The van der Waals surface area contributed by atoms with Crippen LogP contribution in [0.4, 0.5) is 0 Å². The van der Waals surface area contributed by atoms with Crippen LogP contribution in [0.2, 0.25) is 5.02 Å². The summed E-state index contributed by atoms with van der Waals surface area (Å²) in [6.45, 7) is 6.24. The van der Waals surface area contributed by atoms with Gasteiger partial charge in [0.2, 0.25) is 0 Å². The van der Waals surface area contributed by atoms with Crippen LogP contribution in [0.25, 0.3) is 0 Å². The number of guanidine groups is 1. The maximum Gasteiger partial charge on any atom is 0.191 e. The smallest absolute Gasteiger partial charge is 0.191 e. The number of rotatable bonds is 7. The van der Waals surface area contributed by atoms with Crippen molar-refractivity contribution in [2.45, 2.75) is 38.9 Å². The SMILES string of the molecule is CCNC(=NCc1cc(OC)ccc1O)NC1CCN(Cc2ccc(Cl)cc2)CC1.I. The van der Waals surface area contributed by atoms with E-state index in [2.05, 4.69) is 39.6 Å². The second-order valence-corrected chi connectivity index (χ2v) is 7.95. The van der Waals surface area contributed by atoms with E-state index in [-0.39, 0.29) is 29.7 Å². The zero-order valence-electron chi connectivity index (χ0n) is 18.1. The number of hydrogen-bond donors (Lipinski definition) is 3. The number of hydrogen-bond acceptors (Lipinski definition) is 4. The number of phenols is 1. The Morgan fingerprint density at radius 3 is 2.55 bits per heavy atom. The third-order valence-corrected chi connectivity index (χ3v) is 5.54. The molecule has 1 saturated heterocycles. The second-order valence-electron chi connectivity index (χ2n) is 7.51. The number of piperidine rings is 1. The molecule has 1 aliphatic heterocycles. The summed E-state index contributed by atoms with van der Waals surface area (Å²) < 4.78 is 5.24. The topological polar surface area (TPSA) is 69.1 Å². The van der Waals surface area contributed by atoms with Crippen molar-refractivity contribution >= 4 is 41.5 Å². The molecule has 1 fully saturated rings. The van der Waals surface area contributed by atoms with Crippen LogP contribution in [0, 0.1) is 0 Å². The monoisotopic (exact) mass is 558 g/mol. The van der Waals surface area contributed by atoms with Crippen LogP contribution >= 0.6 is 35.6 Å². The summed E-state index contributed by atoms with van der Waals surface area (Å²) in [6, 6.07) is 13.7. The van der Waals surface area contributed by atoms with Crippen molar-refractivity contribution in [3.8, 4) is 11.5 Å². The predicted octanol–water partition coefficient (Wildman–Crippen LogP) is 4.39. The molecule has 0 spiro atoms. The molecule has 3 rings (SSSR count). The molecular formula is C23H32ClIN4O2. The maximum atomic E-state index is 10.1. The van der Waals surface area contributed by atoms with E-state index in [4.69, 9.17) is 16.3 Å². The van der Waals surface area contributed by atoms with Crippen LogP contribution in [0.3, 0.4) is 0 Å². The highest BCUT2D eigenvalue weighted by Gasteiger charge is 2.20. The average molecular weight is 559 g/mol. The summed E-state index contributed by atoms with van der Waals surface area (Å²) in [5.74, 6) is 1.71. The molecule has 31 heavy (non-hydrogen) atoms. The van der Waals surface area contributed by atoms with E-state index in [1.165, 1.54) is 5.56 Å². The van der Waals surface area contributed by atoms with E-state index in [1.807, 2.05) is 18.2 Å². The summed E-state index contributed by atoms with van der Waals surface area (Å²) in [5, 5.41) is 17.7. The first-order valence-electron chi connectivity index (χ1n) is 10.4. The first kappa shape index (κ1) is 25.5. The number of nitrogens with zero attached hydrogens (tertiary/aromatic N) is 2. The summed E-state index contributed by atoms with van der Waals surface area (Å²) >= 11 is 5.98. The molecule has 1 heterocycles. The molecule has 2 aromatic carbocycles. The van der Waals surface area contributed by atoms with E-state index in [9.17, 15) is 5.11 Å². The fourth-order valence-corrected chi connectivity index (χ4v) is 3.70. The molecule has 0 aliphatic carbocycles. The highest BCUT2D eigenvalue weighted by atomic mass is 127. The van der Waals surface area contributed by atoms with Gasteiger partial charge in [-0.25, -0.2) is 4.99 Å². The average Bonchev–Trinajstić information content (AvgIpc) is 2.76. The van der Waals surface area contributed by atoms with Gasteiger partial charge in [-0.1, -0.05) is 23.7 Å². The Hall–Kier alpha value is -1.71. The molecule has 0 atom stereocenters. The van der Waals surface area contributed by atoms with E-state index < -0.39 is 0 Å². The standard InChI is InChI=1S/C23H31ClN4O2.HI/c1-3-25-23(26-15-18-14-21(30-2)8-9-22(18)29)27-20-10-12-28(13-11-20)16-17-4-6-19(24)7-5-17;/h4-9,14,20,29H,3,10-13,15-16H2,1-2H3,(H2,25,26,27);1H. The number of phenolic OH excluding ortho intramolecular Hbond substituents is 1. The lowest BCUT2D eigenvalue weighted by Gasteiger charge is -2.33. The molecular weight excluding hydrogens is 527 g/mol. The van der Waals surface area contributed by atoms with Gasteiger partial charge in [-0.3, -0.25) is 4.90 Å². The van der Waals surface area contributed by atoms with Gasteiger partial charge in [-0.15, -0.1) is 24.0 Å². The van der Waals surface area contributed by atoms with Crippen molar-refractivity contribution in [2.24, 2.45) is 4.99 Å². The Bertz CT molecular complexity index is 840. The van der Waals surface area contributed by atoms with Gasteiger partial charge < -0.3 is 20.5 Å². The minimum Gasteiger partial charge on any atom is -0.508 e. The Morgan fingerprint density at radius 1 is 1.19 bits per heavy atom. The molecule has 0 unspecified atom stereocenters. The Balaban J connectivity index is 0.00000341. The Morgan fingerprint density at radius 2 is 1.90 bits per heavy atom. The van der Waals surface area contributed by atoms with Crippen LogP contribution in [-0.2, 0) is 13.1 Å². The van der Waals surface area contributed by atoms with Crippen LogP contribution < -0.4 is 15.4 Å². The number of aromatic hydroxyl groups is 1. The van der Waals surface area contributed by atoms with E-state index in [0.717, 1.165) is 55.6 Å². The molecule has 0 bridgehead atoms. The molecule has 170 valence electrons. The molecule has 0 amide bonds. The van der Waals surface area contributed by atoms with Gasteiger partial charge in [-0.05, 0) is 55.7 Å². The van der Waals surface area contributed by atoms with E-state index in [0.29, 0.717) is 18.3 Å². The van der Waals surface area contributed by atoms with Crippen molar-refractivity contribution in [2.75, 3.05) is 26.7 Å². The number of likely N-dealkylation sites (tertiary alicyclic amines) is 1. The number of aliphatic imine (C=N–C) groups is 1. The van der Waals surface area contributed by atoms with Gasteiger partial charge >= 0.3 is 0 Å². The van der Waals surface area contributed by atoms with Crippen molar-refractivity contribution in [1.29, 1.82) is 0 Å². The van der Waals surface area contributed by atoms with Crippen LogP contribution in [0.5, 0.6) is 11.5 Å².